The van der Waals surface area contributed by atoms with Gasteiger partial charge in [0.2, 0.25) is 0 Å². The van der Waals surface area contributed by atoms with Crippen LogP contribution in [0.5, 0.6) is 0 Å². The molecule has 0 saturated carbocycles. The van der Waals surface area contributed by atoms with Gasteiger partial charge >= 0.3 is 5.97 Å². The zero-order valence-electron chi connectivity index (χ0n) is 19.4. The minimum absolute atomic E-state index is 0.116. The summed E-state index contributed by atoms with van der Waals surface area (Å²) >= 11 is 0. The highest BCUT2D eigenvalue weighted by atomic mass is 32.2. The molecule has 174 valence electrons. The number of carbonyl (C=O) groups excluding carboxylic acids is 1. The quantitative estimate of drug-likeness (QED) is 0.390. The van der Waals surface area contributed by atoms with Crippen molar-refractivity contribution in [2.24, 2.45) is 11.8 Å². The minimum Gasteiger partial charge on any atom is -0.467 e. The van der Waals surface area contributed by atoms with Gasteiger partial charge in [-0.05, 0) is 36.3 Å². The maximum absolute atomic E-state index is 12.7. The van der Waals surface area contributed by atoms with Crippen molar-refractivity contribution in [3.8, 4) is 0 Å². The maximum atomic E-state index is 12.7. The molecule has 1 aliphatic heterocycles. The van der Waals surface area contributed by atoms with E-state index in [0.29, 0.717) is 0 Å². The topological polar surface area (TPSA) is 78.9 Å². The summed E-state index contributed by atoms with van der Waals surface area (Å²) in [7, 11) is -4.24. The van der Waals surface area contributed by atoms with E-state index in [1.54, 1.807) is 30.3 Å². The lowest BCUT2D eigenvalue weighted by Crippen LogP contribution is -2.56. The lowest BCUT2D eigenvalue weighted by atomic mass is 9.83. The summed E-state index contributed by atoms with van der Waals surface area (Å²) in [4.78, 5) is 12.7. The zero-order valence-corrected chi connectivity index (χ0v) is 21.2. The zero-order chi connectivity index (χ0) is 23.2. The van der Waals surface area contributed by atoms with Gasteiger partial charge in [-0.2, -0.15) is 0 Å². The Morgan fingerprint density at radius 3 is 2.16 bits per heavy atom. The molecule has 31 heavy (non-hydrogen) atoms. The van der Waals surface area contributed by atoms with E-state index in [9.17, 15) is 13.2 Å². The van der Waals surface area contributed by atoms with E-state index in [1.165, 1.54) is 18.6 Å². The van der Waals surface area contributed by atoms with Crippen LogP contribution in [0.15, 0.2) is 46.7 Å². The smallest absolute Gasteiger partial charge is 0.335 e. The van der Waals surface area contributed by atoms with Gasteiger partial charge in [0.05, 0.1) is 24.2 Å². The summed E-state index contributed by atoms with van der Waals surface area (Å²) in [5, 5.41) is 1.18. The molecule has 1 fully saturated rings. The first-order valence-corrected chi connectivity index (χ1v) is 15.1. The molecule has 0 aromatic heterocycles. The second-order valence-electron chi connectivity index (χ2n) is 8.28. The van der Waals surface area contributed by atoms with Gasteiger partial charge < -0.3 is 13.9 Å². The third-order valence-electron chi connectivity index (χ3n) is 6.61. The first-order valence-electron chi connectivity index (χ1n) is 11.0. The van der Waals surface area contributed by atoms with Gasteiger partial charge in [-0.3, -0.25) is 0 Å². The molecule has 0 amide bonds. The molecule has 1 aromatic rings. The van der Waals surface area contributed by atoms with Crippen molar-refractivity contribution in [2.75, 3.05) is 7.11 Å². The van der Waals surface area contributed by atoms with Crippen molar-refractivity contribution < 1.29 is 27.1 Å². The molecular weight excluding hydrogens is 432 g/mol. The SMILES string of the molecule is CC[Si](CC)(CC)OC1C(C)C(/C=C/S(=O)(=O)c2ccccc2)OC(C(=O)OC)C1C. The first-order chi connectivity index (χ1) is 14.6. The fourth-order valence-electron chi connectivity index (χ4n) is 4.24. The Labute approximate surface area is 188 Å². The van der Waals surface area contributed by atoms with Crippen LogP contribution in [0.4, 0.5) is 0 Å². The number of rotatable bonds is 9. The van der Waals surface area contributed by atoms with E-state index in [2.05, 4.69) is 20.8 Å². The Morgan fingerprint density at radius 2 is 1.65 bits per heavy atom. The molecule has 6 nitrogen and oxygen atoms in total. The highest BCUT2D eigenvalue weighted by molar-refractivity contribution is 7.94. The predicted molar refractivity (Wildman–Crippen MR) is 124 cm³/mol. The summed E-state index contributed by atoms with van der Waals surface area (Å²) in [6, 6.07) is 11.2. The Morgan fingerprint density at radius 1 is 1.06 bits per heavy atom. The number of carbonyl (C=O) groups is 1. The molecule has 1 saturated heterocycles. The van der Waals surface area contributed by atoms with E-state index >= 15 is 0 Å². The number of esters is 1. The molecule has 2 rings (SSSR count). The molecule has 0 radical (unpaired) electrons. The molecule has 0 N–H and O–H groups in total. The van der Waals surface area contributed by atoms with Crippen molar-refractivity contribution in [1.29, 1.82) is 0 Å². The summed E-state index contributed by atoms with van der Waals surface area (Å²) in [5.41, 5.74) is 0. The fraction of sp³-hybridized carbons (Fsp3) is 0.609. The summed E-state index contributed by atoms with van der Waals surface area (Å²) < 4.78 is 43.2. The van der Waals surface area contributed by atoms with E-state index in [4.69, 9.17) is 13.9 Å². The van der Waals surface area contributed by atoms with Gasteiger partial charge in [0.15, 0.2) is 24.3 Å². The monoisotopic (exact) mass is 468 g/mol. The molecule has 1 heterocycles. The third kappa shape index (κ3) is 5.86. The summed E-state index contributed by atoms with van der Waals surface area (Å²) in [6.45, 7) is 10.4. The van der Waals surface area contributed by atoms with Gasteiger partial charge in [0.25, 0.3) is 0 Å². The molecule has 1 aromatic carbocycles. The van der Waals surface area contributed by atoms with Crippen molar-refractivity contribution in [3.05, 3.63) is 41.8 Å². The number of ether oxygens (including phenoxy) is 2. The fourth-order valence-corrected chi connectivity index (χ4v) is 8.30. The molecular formula is C23H36O6SSi. The third-order valence-corrected chi connectivity index (χ3v) is 12.7. The molecule has 0 bridgehead atoms. The molecule has 1 aliphatic rings. The Bertz CT molecular complexity index is 842. The highest BCUT2D eigenvalue weighted by Crippen LogP contribution is 2.37. The summed E-state index contributed by atoms with van der Waals surface area (Å²) in [5.74, 6) is -0.780. The number of sulfone groups is 1. The number of methoxy groups -OCH3 is 1. The lowest BCUT2D eigenvalue weighted by Gasteiger charge is -2.46. The summed E-state index contributed by atoms with van der Waals surface area (Å²) in [6.07, 6.45) is -0.0739. The van der Waals surface area contributed by atoms with Crippen LogP contribution in [-0.2, 0) is 28.5 Å². The second kappa shape index (κ2) is 10.9. The lowest BCUT2D eigenvalue weighted by molar-refractivity contribution is -0.183. The van der Waals surface area contributed by atoms with E-state index in [0.717, 1.165) is 18.1 Å². The van der Waals surface area contributed by atoms with Crippen LogP contribution in [-0.4, -0.2) is 48.1 Å². The van der Waals surface area contributed by atoms with Crippen LogP contribution in [0.2, 0.25) is 18.1 Å². The van der Waals surface area contributed by atoms with Crippen LogP contribution in [0.25, 0.3) is 0 Å². The highest BCUT2D eigenvalue weighted by Gasteiger charge is 2.47. The van der Waals surface area contributed by atoms with Crippen LogP contribution in [0.1, 0.15) is 34.6 Å². The second-order valence-corrected chi connectivity index (χ2v) is 14.8. The Hall–Kier alpha value is -1.48. The standard InChI is InChI=1S/C23H36O6SSi/c1-7-31(8-2,9-3)29-21-17(4)20(28-22(18(21)5)23(24)27-6)15-16-30(25,26)19-13-11-10-12-14-19/h10-18,20-22H,7-9H2,1-6H3/b16-15+. The van der Waals surface area contributed by atoms with Gasteiger partial charge in [0.1, 0.15) is 0 Å². The van der Waals surface area contributed by atoms with Crippen molar-refractivity contribution in [2.45, 2.75) is 76.0 Å². The van der Waals surface area contributed by atoms with Gasteiger partial charge in [0, 0.05) is 17.2 Å². The van der Waals surface area contributed by atoms with E-state index in [1.807, 2.05) is 13.8 Å². The first kappa shape index (κ1) is 25.8. The number of benzene rings is 1. The Balaban J connectivity index is 2.37. The number of hydrogen-bond acceptors (Lipinski definition) is 6. The molecule has 0 spiro atoms. The average Bonchev–Trinajstić information content (AvgIpc) is 2.79. The van der Waals surface area contributed by atoms with Crippen molar-refractivity contribution in [3.63, 3.8) is 0 Å². The van der Waals surface area contributed by atoms with Gasteiger partial charge in [-0.25, -0.2) is 13.2 Å². The predicted octanol–water partition coefficient (Wildman–Crippen LogP) is 4.58. The molecule has 5 atom stereocenters. The molecule has 5 unspecified atom stereocenters. The number of hydrogen-bond donors (Lipinski definition) is 0. The van der Waals surface area contributed by atoms with Gasteiger partial charge in [-0.1, -0.05) is 52.8 Å². The average molecular weight is 469 g/mol. The van der Waals surface area contributed by atoms with E-state index in [-0.39, 0.29) is 22.8 Å². The van der Waals surface area contributed by atoms with Crippen LogP contribution in [0.3, 0.4) is 0 Å². The van der Waals surface area contributed by atoms with E-state index < -0.39 is 36.3 Å². The Kier molecular flexibility index (Phi) is 9.06. The molecule has 8 heteroatoms. The van der Waals surface area contributed by atoms with Crippen LogP contribution >= 0.6 is 0 Å². The van der Waals surface area contributed by atoms with Crippen molar-refractivity contribution in [1.82, 2.24) is 0 Å². The largest absolute Gasteiger partial charge is 0.467 e. The normalized spacial score (nSPS) is 27.4. The molecule has 0 aliphatic carbocycles. The minimum atomic E-state index is -3.62. The van der Waals surface area contributed by atoms with Gasteiger partial charge in [-0.15, -0.1) is 0 Å². The maximum Gasteiger partial charge on any atom is 0.335 e. The van der Waals surface area contributed by atoms with Crippen LogP contribution in [0, 0.1) is 11.8 Å². The van der Waals surface area contributed by atoms with Crippen LogP contribution < -0.4 is 0 Å². The van der Waals surface area contributed by atoms with Crippen molar-refractivity contribution >= 4 is 24.1 Å².